The quantitative estimate of drug-likeness (QED) is 0.327. The Labute approximate surface area is 205 Å². The van der Waals surface area contributed by atoms with Crippen molar-refractivity contribution in [2.45, 2.75) is 44.1 Å². The Bertz CT molecular complexity index is 1280. The molecule has 6 heteroatoms. The molecule has 0 bridgehead atoms. The maximum Gasteiger partial charge on any atom is 0.253 e. The SMILES string of the molecule is Cc1ccc(CSc2nc3ccncc3n2Cc2ccc(C(=O)N3CCC[C@@H](C)C3)cc2)cc1. The smallest absolute Gasteiger partial charge is 0.253 e. The summed E-state index contributed by atoms with van der Waals surface area (Å²) in [5.74, 6) is 1.58. The number of hydrogen-bond donors (Lipinski definition) is 0. The van der Waals surface area contributed by atoms with Gasteiger partial charge in [0.05, 0.1) is 23.8 Å². The van der Waals surface area contributed by atoms with E-state index in [2.05, 4.69) is 59.8 Å². The van der Waals surface area contributed by atoms with Gasteiger partial charge in [0.25, 0.3) is 5.91 Å². The molecule has 174 valence electrons. The van der Waals surface area contributed by atoms with Crippen LogP contribution in [0.3, 0.4) is 0 Å². The van der Waals surface area contributed by atoms with Crippen LogP contribution in [0.2, 0.25) is 0 Å². The van der Waals surface area contributed by atoms with Crippen LogP contribution in [0.1, 0.15) is 46.8 Å². The van der Waals surface area contributed by atoms with Crippen molar-refractivity contribution < 1.29 is 4.79 Å². The van der Waals surface area contributed by atoms with Gasteiger partial charge in [-0.3, -0.25) is 9.78 Å². The van der Waals surface area contributed by atoms with Gasteiger partial charge in [0.15, 0.2) is 5.16 Å². The molecular formula is C28H30N4OS. The fourth-order valence-electron chi connectivity index (χ4n) is 4.53. The Balaban J connectivity index is 1.35. The van der Waals surface area contributed by atoms with Crippen molar-refractivity contribution in [2.24, 2.45) is 5.92 Å². The highest BCUT2D eigenvalue weighted by Crippen LogP contribution is 2.28. The number of imidazole rings is 1. The molecule has 2 aromatic carbocycles. The molecule has 1 aliphatic heterocycles. The van der Waals surface area contributed by atoms with Gasteiger partial charge in [-0.2, -0.15) is 0 Å². The Morgan fingerprint density at radius 2 is 1.82 bits per heavy atom. The third-order valence-electron chi connectivity index (χ3n) is 6.49. The molecule has 3 heterocycles. The molecule has 2 aromatic heterocycles. The topological polar surface area (TPSA) is 51.0 Å². The summed E-state index contributed by atoms with van der Waals surface area (Å²) in [6, 6.07) is 18.7. The average molecular weight is 471 g/mol. The Morgan fingerprint density at radius 3 is 2.59 bits per heavy atom. The van der Waals surface area contributed by atoms with Crippen molar-refractivity contribution in [3.8, 4) is 0 Å². The van der Waals surface area contributed by atoms with E-state index in [4.69, 9.17) is 4.98 Å². The zero-order valence-corrected chi connectivity index (χ0v) is 20.6. The lowest BCUT2D eigenvalue weighted by Crippen LogP contribution is -2.39. The number of pyridine rings is 1. The normalized spacial score (nSPS) is 16.2. The lowest BCUT2D eigenvalue weighted by molar-refractivity contribution is 0.0683. The molecule has 5 rings (SSSR count). The summed E-state index contributed by atoms with van der Waals surface area (Å²) < 4.78 is 2.23. The number of carbonyl (C=O) groups excluding carboxylic acids is 1. The second kappa shape index (κ2) is 10.0. The van der Waals surface area contributed by atoms with E-state index in [0.717, 1.165) is 52.6 Å². The van der Waals surface area contributed by atoms with E-state index in [-0.39, 0.29) is 5.91 Å². The highest BCUT2D eigenvalue weighted by atomic mass is 32.2. The molecule has 5 nitrogen and oxygen atoms in total. The summed E-state index contributed by atoms with van der Waals surface area (Å²) in [6.45, 7) is 6.74. The van der Waals surface area contributed by atoms with Crippen LogP contribution in [0.15, 0.2) is 72.1 Å². The van der Waals surface area contributed by atoms with Crippen molar-refractivity contribution in [2.75, 3.05) is 13.1 Å². The number of aryl methyl sites for hydroxylation is 1. The fraction of sp³-hybridized carbons (Fsp3) is 0.321. The minimum absolute atomic E-state index is 0.143. The van der Waals surface area contributed by atoms with Gasteiger partial charge >= 0.3 is 0 Å². The first-order valence-electron chi connectivity index (χ1n) is 11.9. The van der Waals surface area contributed by atoms with Gasteiger partial charge in [0, 0.05) is 30.6 Å². The molecule has 4 aromatic rings. The average Bonchev–Trinajstić information content (AvgIpc) is 3.21. The first-order chi connectivity index (χ1) is 16.6. The maximum absolute atomic E-state index is 12.9. The van der Waals surface area contributed by atoms with E-state index in [1.54, 1.807) is 18.0 Å². The second-order valence-corrected chi connectivity index (χ2v) is 10.3. The lowest BCUT2D eigenvalue weighted by atomic mass is 9.99. The predicted molar refractivity (Wildman–Crippen MR) is 138 cm³/mol. The predicted octanol–water partition coefficient (Wildman–Crippen LogP) is 5.95. The van der Waals surface area contributed by atoms with Crippen LogP contribution >= 0.6 is 11.8 Å². The molecular weight excluding hydrogens is 440 g/mol. The van der Waals surface area contributed by atoms with E-state index < -0.39 is 0 Å². The van der Waals surface area contributed by atoms with Gasteiger partial charge in [-0.05, 0) is 55.0 Å². The lowest BCUT2D eigenvalue weighted by Gasteiger charge is -2.31. The van der Waals surface area contributed by atoms with Gasteiger partial charge in [-0.25, -0.2) is 4.98 Å². The number of benzene rings is 2. The molecule has 0 spiro atoms. The van der Waals surface area contributed by atoms with Crippen LogP contribution in [-0.2, 0) is 12.3 Å². The maximum atomic E-state index is 12.9. The first kappa shape index (κ1) is 22.7. The van der Waals surface area contributed by atoms with Crippen LogP contribution < -0.4 is 0 Å². The van der Waals surface area contributed by atoms with Crippen LogP contribution in [0.5, 0.6) is 0 Å². The van der Waals surface area contributed by atoms with Crippen molar-refractivity contribution >= 4 is 28.7 Å². The van der Waals surface area contributed by atoms with E-state index in [9.17, 15) is 4.79 Å². The Morgan fingerprint density at radius 1 is 1.06 bits per heavy atom. The molecule has 1 atom stereocenters. The molecule has 0 aliphatic carbocycles. The minimum Gasteiger partial charge on any atom is -0.338 e. The number of rotatable bonds is 6. The number of likely N-dealkylation sites (tertiary alicyclic amines) is 1. The van der Waals surface area contributed by atoms with Gasteiger partial charge in [0.1, 0.15) is 0 Å². The first-order valence-corrected chi connectivity index (χ1v) is 12.9. The van der Waals surface area contributed by atoms with Crippen molar-refractivity contribution in [1.82, 2.24) is 19.4 Å². The zero-order chi connectivity index (χ0) is 23.5. The Kier molecular flexibility index (Phi) is 6.68. The largest absolute Gasteiger partial charge is 0.338 e. The number of piperidine rings is 1. The van der Waals surface area contributed by atoms with Gasteiger partial charge in [0.2, 0.25) is 0 Å². The molecule has 0 unspecified atom stereocenters. The summed E-state index contributed by atoms with van der Waals surface area (Å²) in [6.07, 6.45) is 5.97. The number of fused-ring (bicyclic) bond motifs is 1. The Hall–Kier alpha value is -3.12. The molecule has 1 aliphatic rings. The summed E-state index contributed by atoms with van der Waals surface area (Å²) in [5.41, 5.74) is 6.43. The zero-order valence-electron chi connectivity index (χ0n) is 19.8. The second-order valence-electron chi connectivity index (χ2n) is 9.31. The molecule has 34 heavy (non-hydrogen) atoms. The van der Waals surface area contributed by atoms with Crippen LogP contribution in [0, 0.1) is 12.8 Å². The number of aromatic nitrogens is 3. The van der Waals surface area contributed by atoms with Crippen molar-refractivity contribution in [3.63, 3.8) is 0 Å². The van der Waals surface area contributed by atoms with Crippen LogP contribution in [0.4, 0.5) is 0 Å². The summed E-state index contributed by atoms with van der Waals surface area (Å²) in [5, 5.41) is 0.978. The van der Waals surface area contributed by atoms with E-state index in [1.807, 2.05) is 29.3 Å². The van der Waals surface area contributed by atoms with E-state index in [1.165, 1.54) is 17.5 Å². The number of hydrogen-bond acceptors (Lipinski definition) is 4. The number of amides is 1. The van der Waals surface area contributed by atoms with Gasteiger partial charge in [-0.1, -0.05) is 60.6 Å². The number of thioether (sulfide) groups is 1. The van der Waals surface area contributed by atoms with Crippen molar-refractivity contribution in [1.29, 1.82) is 0 Å². The van der Waals surface area contributed by atoms with Crippen LogP contribution in [-0.4, -0.2) is 38.4 Å². The van der Waals surface area contributed by atoms with Gasteiger partial charge < -0.3 is 9.47 Å². The molecule has 0 N–H and O–H groups in total. The minimum atomic E-state index is 0.143. The molecule has 1 fully saturated rings. The highest BCUT2D eigenvalue weighted by molar-refractivity contribution is 7.98. The highest BCUT2D eigenvalue weighted by Gasteiger charge is 2.22. The van der Waals surface area contributed by atoms with Crippen LogP contribution in [0.25, 0.3) is 11.0 Å². The molecule has 0 saturated carbocycles. The van der Waals surface area contributed by atoms with E-state index in [0.29, 0.717) is 12.5 Å². The fourth-order valence-corrected chi connectivity index (χ4v) is 5.50. The van der Waals surface area contributed by atoms with Crippen molar-refractivity contribution in [3.05, 3.63) is 89.2 Å². The standard InChI is InChI=1S/C28H30N4OS/c1-20-5-7-23(8-6-20)19-34-28-30-25-13-14-29-16-26(25)32(28)18-22-9-11-24(12-10-22)27(33)31-15-3-4-21(2)17-31/h5-14,16,21H,3-4,15,17-19H2,1-2H3/t21-/m1/s1. The molecule has 0 radical (unpaired) electrons. The third-order valence-corrected chi connectivity index (χ3v) is 7.54. The number of carbonyl (C=O) groups is 1. The monoisotopic (exact) mass is 470 g/mol. The third kappa shape index (κ3) is 5.02. The summed E-state index contributed by atoms with van der Waals surface area (Å²) >= 11 is 1.74. The number of nitrogens with zero attached hydrogens (tertiary/aromatic N) is 4. The van der Waals surface area contributed by atoms with E-state index >= 15 is 0 Å². The molecule has 1 amide bonds. The molecule has 1 saturated heterocycles. The summed E-state index contributed by atoms with van der Waals surface area (Å²) in [7, 11) is 0. The summed E-state index contributed by atoms with van der Waals surface area (Å²) in [4.78, 5) is 24.2. The van der Waals surface area contributed by atoms with Gasteiger partial charge in [-0.15, -0.1) is 0 Å².